The van der Waals surface area contributed by atoms with E-state index in [1.165, 1.54) is 7.11 Å². The average Bonchev–Trinajstić information content (AvgIpc) is 2.49. The molecule has 0 aromatic rings. The largest absolute Gasteiger partial charge is 0.469 e. The van der Waals surface area contributed by atoms with E-state index in [1.54, 1.807) is 6.08 Å². The molecule has 1 rings (SSSR count). The van der Waals surface area contributed by atoms with E-state index < -0.39 is 5.79 Å². The third kappa shape index (κ3) is 3.32. The number of esters is 1. The van der Waals surface area contributed by atoms with Crippen molar-refractivity contribution in [2.75, 3.05) is 7.11 Å². The number of carbonyl (C=O) groups is 1. The van der Waals surface area contributed by atoms with Crippen molar-refractivity contribution in [3.05, 3.63) is 12.7 Å². The monoisotopic (exact) mass is 214 g/mol. The van der Waals surface area contributed by atoms with Crippen LogP contribution in [-0.4, -0.2) is 31.1 Å². The van der Waals surface area contributed by atoms with Crippen molar-refractivity contribution < 1.29 is 19.0 Å². The number of rotatable bonds is 4. The summed E-state index contributed by atoms with van der Waals surface area (Å²) in [5.41, 5.74) is 0. The third-order valence-electron chi connectivity index (χ3n) is 2.31. The van der Waals surface area contributed by atoms with Gasteiger partial charge in [-0.05, 0) is 20.3 Å². The summed E-state index contributed by atoms with van der Waals surface area (Å²) in [5, 5.41) is 0. The van der Waals surface area contributed by atoms with Gasteiger partial charge in [0.15, 0.2) is 5.79 Å². The van der Waals surface area contributed by atoms with Gasteiger partial charge in [-0.3, -0.25) is 4.79 Å². The summed E-state index contributed by atoms with van der Waals surface area (Å²) in [4.78, 5) is 11.0. The zero-order valence-electron chi connectivity index (χ0n) is 9.49. The van der Waals surface area contributed by atoms with Gasteiger partial charge in [0.2, 0.25) is 0 Å². The van der Waals surface area contributed by atoms with Crippen LogP contribution in [0.4, 0.5) is 0 Å². The molecule has 0 bridgehead atoms. The quantitative estimate of drug-likeness (QED) is 0.527. The van der Waals surface area contributed by atoms with Crippen LogP contribution in [0.1, 0.15) is 26.7 Å². The van der Waals surface area contributed by atoms with Gasteiger partial charge >= 0.3 is 5.97 Å². The van der Waals surface area contributed by atoms with Gasteiger partial charge in [-0.2, -0.15) is 0 Å². The first-order valence-corrected chi connectivity index (χ1v) is 5.03. The summed E-state index contributed by atoms with van der Waals surface area (Å²) in [6.45, 7) is 7.38. The molecule has 15 heavy (non-hydrogen) atoms. The standard InChI is InChI=1S/C11H18O4/c1-5-8-9(6-7-10(12)13-4)15-11(2,3)14-8/h5,8-9H,1,6-7H2,2-4H3. The van der Waals surface area contributed by atoms with E-state index >= 15 is 0 Å². The number of ether oxygens (including phenoxy) is 3. The molecule has 1 saturated heterocycles. The van der Waals surface area contributed by atoms with E-state index in [-0.39, 0.29) is 18.2 Å². The minimum atomic E-state index is -0.598. The number of methoxy groups -OCH3 is 1. The van der Waals surface area contributed by atoms with Gasteiger partial charge in [-0.1, -0.05) is 6.08 Å². The number of carbonyl (C=O) groups excluding carboxylic acids is 1. The Morgan fingerprint density at radius 2 is 2.20 bits per heavy atom. The van der Waals surface area contributed by atoms with Gasteiger partial charge in [0, 0.05) is 6.42 Å². The highest BCUT2D eigenvalue weighted by Gasteiger charge is 2.39. The maximum atomic E-state index is 11.0. The Labute approximate surface area is 90.2 Å². The highest BCUT2D eigenvalue weighted by molar-refractivity contribution is 5.69. The smallest absolute Gasteiger partial charge is 0.305 e. The second-order valence-corrected chi connectivity index (χ2v) is 3.99. The predicted octanol–water partition coefficient (Wildman–Crippen LogP) is 1.65. The molecule has 1 fully saturated rings. The molecular formula is C11H18O4. The Balaban J connectivity index is 2.47. The first-order chi connectivity index (χ1) is 6.98. The fourth-order valence-electron chi connectivity index (χ4n) is 1.65. The van der Waals surface area contributed by atoms with Crippen molar-refractivity contribution >= 4 is 5.97 Å². The van der Waals surface area contributed by atoms with E-state index in [0.29, 0.717) is 12.8 Å². The summed E-state index contributed by atoms with van der Waals surface area (Å²) >= 11 is 0. The van der Waals surface area contributed by atoms with Crippen LogP contribution < -0.4 is 0 Å². The fourth-order valence-corrected chi connectivity index (χ4v) is 1.65. The lowest BCUT2D eigenvalue weighted by atomic mass is 10.1. The van der Waals surface area contributed by atoms with Crippen molar-refractivity contribution in [1.29, 1.82) is 0 Å². The van der Waals surface area contributed by atoms with Crippen molar-refractivity contribution in [1.82, 2.24) is 0 Å². The van der Waals surface area contributed by atoms with Gasteiger partial charge in [0.1, 0.15) is 6.10 Å². The molecule has 0 radical (unpaired) electrons. The van der Waals surface area contributed by atoms with E-state index in [0.717, 1.165) is 0 Å². The second kappa shape index (κ2) is 4.77. The van der Waals surface area contributed by atoms with Gasteiger partial charge in [-0.25, -0.2) is 0 Å². The molecule has 0 spiro atoms. The molecule has 2 atom stereocenters. The molecule has 86 valence electrons. The normalized spacial score (nSPS) is 28.7. The van der Waals surface area contributed by atoms with Crippen LogP contribution in [0.2, 0.25) is 0 Å². The van der Waals surface area contributed by atoms with E-state index in [4.69, 9.17) is 9.47 Å². The SMILES string of the molecule is C=CC1OC(C)(C)OC1CCC(=O)OC. The van der Waals surface area contributed by atoms with Crippen LogP contribution in [0, 0.1) is 0 Å². The Morgan fingerprint density at radius 1 is 1.53 bits per heavy atom. The molecule has 0 saturated carbocycles. The second-order valence-electron chi connectivity index (χ2n) is 3.99. The fraction of sp³-hybridized carbons (Fsp3) is 0.727. The van der Waals surface area contributed by atoms with E-state index in [1.807, 2.05) is 13.8 Å². The molecule has 0 aromatic heterocycles. The van der Waals surface area contributed by atoms with E-state index in [9.17, 15) is 4.79 Å². The first-order valence-electron chi connectivity index (χ1n) is 5.03. The molecule has 0 aromatic carbocycles. The maximum absolute atomic E-state index is 11.0. The molecule has 4 nitrogen and oxygen atoms in total. The van der Waals surface area contributed by atoms with Crippen LogP contribution in [0.25, 0.3) is 0 Å². The maximum Gasteiger partial charge on any atom is 0.305 e. The van der Waals surface area contributed by atoms with Gasteiger partial charge < -0.3 is 14.2 Å². The summed E-state index contributed by atoms with van der Waals surface area (Å²) < 4.78 is 15.8. The predicted molar refractivity (Wildman–Crippen MR) is 55.3 cm³/mol. The van der Waals surface area contributed by atoms with Crippen molar-refractivity contribution in [2.24, 2.45) is 0 Å². The van der Waals surface area contributed by atoms with Crippen LogP contribution >= 0.6 is 0 Å². The molecule has 1 aliphatic heterocycles. The Hall–Kier alpha value is -0.870. The number of hydrogen-bond acceptors (Lipinski definition) is 4. The first kappa shape index (κ1) is 12.2. The van der Waals surface area contributed by atoms with E-state index in [2.05, 4.69) is 11.3 Å². The van der Waals surface area contributed by atoms with Crippen LogP contribution in [-0.2, 0) is 19.0 Å². The Bertz CT molecular complexity index is 247. The van der Waals surface area contributed by atoms with Crippen LogP contribution in [0.3, 0.4) is 0 Å². The van der Waals surface area contributed by atoms with Crippen molar-refractivity contribution in [3.8, 4) is 0 Å². The lowest BCUT2D eigenvalue weighted by molar-refractivity contribution is -0.148. The minimum Gasteiger partial charge on any atom is -0.469 e. The summed E-state index contributed by atoms with van der Waals surface area (Å²) in [5.74, 6) is -0.828. The highest BCUT2D eigenvalue weighted by atomic mass is 16.7. The van der Waals surface area contributed by atoms with Crippen molar-refractivity contribution in [2.45, 2.75) is 44.7 Å². The Morgan fingerprint density at radius 3 is 2.73 bits per heavy atom. The minimum absolute atomic E-state index is 0.114. The molecule has 0 amide bonds. The average molecular weight is 214 g/mol. The summed E-state index contributed by atoms with van der Waals surface area (Å²) in [6, 6.07) is 0. The zero-order chi connectivity index (χ0) is 11.5. The van der Waals surface area contributed by atoms with Crippen LogP contribution in [0.15, 0.2) is 12.7 Å². The lowest BCUT2D eigenvalue weighted by Gasteiger charge is -2.16. The number of hydrogen-bond donors (Lipinski definition) is 0. The molecule has 4 heteroatoms. The zero-order valence-corrected chi connectivity index (χ0v) is 9.49. The molecule has 0 N–H and O–H groups in total. The summed E-state index contributed by atoms with van der Waals surface area (Å²) in [7, 11) is 1.38. The topological polar surface area (TPSA) is 44.8 Å². The van der Waals surface area contributed by atoms with Crippen LogP contribution in [0.5, 0.6) is 0 Å². The highest BCUT2D eigenvalue weighted by Crippen LogP contribution is 2.30. The molecule has 1 aliphatic rings. The molecule has 1 heterocycles. The Kier molecular flexibility index (Phi) is 3.88. The van der Waals surface area contributed by atoms with Gasteiger partial charge in [-0.15, -0.1) is 6.58 Å². The van der Waals surface area contributed by atoms with Gasteiger partial charge in [0.25, 0.3) is 0 Å². The third-order valence-corrected chi connectivity index (χ3v) is 2.31. The van der Waals surface area contributed by atoms with Gasteiger partial charge in [0.05, 0.1) is 13.2 Å². The molecular weight excluding hydrogens is 196 g/mol. The summed E-state index contributed by atoms with van der Waals surface area (Å²) in [6.07, 6.45) is 2.37. The lowest BCUT2D eigenvalue weighted by Crippen LogP contribution is -2.22. The van der Waals surface area contributed by atoms with Crippen molar-refractivity contribution in [3.63, 3.8) is 0 Å². The molecule has 2 unspecified atom stereocenters. The molecule has 0 aliphatic carbocycles.